The van der Waals surface area contributed by atoms with Gasteiger partial charge in [-0.3, -0.25) is 4.98 Å². The number of carboxylic acid groups (broad SMARTS) is 1. The van der Waals surface area contributed by atoms with Gasteiger partial charge in [0.15, 0.2) is 5.69 Å². The van der Waals surface area contributed by atoms with Gasteiger partial charge in [0.05, 0.1) is 11.3 Å². The Morgan fingerprint density at radius 3 is 2.32 bits per heavy atom. The van der Waals surface area contributed by atoms with Gasteiger partial charge in [-0.05, 0) is 18.2 Å². The molecule has 2 rings (SSSR count). The highest BCUT2D eigenvalue weighted by molar-refractivity contribution is 5.87. The Morgan fingerprint density at radius 1 is 1.16 bits per heavy atom. The first kappa shape index (κ1) is 12.9. The normalized spacial score (nSPS) is 11.3. The first-order valence-electron chi connectivity index (χ1n) is 4.98. The molecule has 5 nitrogen and oxygen atoms in total. The van der Waals surface area contributed by atoms with E-state index in [1.165, 1.54) is 24.5 Å². The van der Waals surface area contributed by atoms with E-state index >= 15 is 0 Å². The van der Waals surface area contributed by atoms with Crippen LogP contribution in [0.15, 0.2) is 30.6 Å². The monoisotopic (exact) mass is 269 g/mol. The van der Waals surface area contributed by atoms with E-state index in [9.17, 15) is 18.0 Å². The first-order chi connectivity index (χ1) is 8.89. The molecule has 0 aliphatic carbocycles. The number of nitrogens with zero attached hydrogens (tertiary/aromatic N) is 3. The number of carboxylic acids is 1. The van der Waals surface area contributed by atoms with Gasteiger partial charge in [-0.15, -0.1) is 10.2 Å². The molecule has 0 spiro atoms. The van der Waals surface area contributed by atoms with Crippen LogP contribution in [0, 0.1) is 0 Å². The van der Waals surface area contributed by atoms with E-state index in [1.54, 1.807) is 0 Å². The minimum absolute atomic E-state index is 0.0697. The molecule has 2 aromatic heterocycles. The zero-order chi connectivity index (χ0) is 14.0. The molecule has 8 heteroatoms. The molecular weight excluding hydrogens is 263 g/mol. The van der Waals surface area contributed by atoms with E-state index in [4.69, 9.17) is 5.11 Å². The number of aromatic nitrogens is 3. The Bertz CT molecular complexity index is 614. The lowest BCUT2D eigenvalue weighted by Gasteiger charge is -2.10. The summed E-state index contributed by atoms with van der Waals surface area (Å²) in [7, 11) is 0. The van der Waals surface area contributed by atoms with Crippen molar-refractivity contribution in [1.29, 1.82) is 0 Å². The number of hydrogen-bond acceptors (Lipinski definition) is 4. The summed E-state index contributed by atoms with van der Waals surface area (Å²) in [6.45, 7) is 0. The molecule has 0 aliphatic rings. The maximum atomic E-state index is 12.8. The molecule has 2 heterocycles. The number of alkyl halides is 3. The molecule has 98 valence electrons. The van der Waals surface area contributed by atoms with E-state index in [0.717, 1.165) is 0 Å². The molecule has 1 N–H and O–H groups in total. The molecule has 19 heavy (non-hydrogen) atoms. The average Bonchev–Trinajstić information content (AvgIpc) is 2.38. The summed E-state index contributed by atoms with van der Waals surface area (Å²) >= 11 is 0. The average molecular weight is 269 g/mol. The molecule has 0 bridgehead atoms. The zero-order valence-corrected chi connectivity index (χ0v) is 9.22. The second-order valence-corrected chi connectivity index (χ2v) is 3.53. The highest BCUT2D eigenvalue weighted by atomic mass is 19.4. The zero-order valence-electron chi connectivity index (χ0n) is 9.22. The van der Waals surface area contributed by atoms with Gasteiger partial charge in [-0.2, -0.15) is 13.2 Å². The Hall–Kier alpha value is -2.51. The number of aromatic carboxylic acids is 1. The summed E-state index contributed by atoms with van der Waals surface area (Å²) in [6, 6.07) is 3.56. The third kappa shape index (κ3) is 2.67. The van der Waals surface area contributed by atoms with Crippen LogP contribution in [0.5, 0.6) is 0 Å². The Morgan fingerprint density at radius 2 is 1.79 bits per heavy atom. The first-order valence-corrected chi connectivity index (χ1v) is 4.98. The van der Waals surface area contributed by atoms with Crippen LogP contribution in [-0.2, 0) is 6.18 Å². The lowest BCUT2D eigenvalue weighted by atomic mass is 10.1. The van der Waals surface area contributed by atoms with Crippen LogP contribution in [0.2, 0.25) is 0 Å². The van der Waals surface area contributed by atoms with Crippen molar-refractivity contribution in [2.24, 2.45) is 0 Å². The summed E-state index contributed by atoms with van der Waals surface area (Å²) in [5.41, 5.74) is -2.16. The molecular formula is C11H6F3N3O2. The van der Waals surface area contributed by atoms with Crippen LogP contribution in [0.1, 0.15) is 16.1 Å². The van der Waals surface area contributed by atoms with Crippen molar-refractivity contribution in [3.8, 4) is 11.3 Å². The lowest BCUT2D eigenvalue weighted by Crippen LogP contribution is -2.16. The molecule has 0 amide bonds. The number of hydrogen-bond donors (Lipinski definition) is 1. The van der Waals surface area contributed by atoms with E-state index < -0.39 is 23.4 Å². The smallest absolute Gasteiger partial charge is 0.418 e. The molecule has 0 aliphatic heterocycles. The van der Waals surface area contributed by atoms with Crippen LogP contribution >= 0.6 is 0 Å². The second-order valence-electron chi connectivity index (χ2n) is 3.53. The highest BCUT2D eigenvalue weighted by Crippen LogP contribution is 2.33. The van der Waals surface area contributed by atoms with Crippen molar-refractivity contribution in [3.63, 3.8) is 0 Å². The summed E-state index contributed by atoms with van der Waals surface area (Å²) < 4.78 is 38.3. The van der Waals surface area contributed by atoms with Gasteiger partial charge in [-0.25, -0.2) is 4.79 Å². The molecule has 0 saturated heterocycles. The fraction of sp³-hybridized carbons (Fsp3) is 0.0909. The van der Waals surface area contributed by atoms with Crippen LogP contribution in [0.3, 0.4) is 0 Å². The van der Waals surface area contributed by atoms with Crippen LogP contribution < -0.4 is 0 Å². The summed E-state index contributed by atoms with van der Waals surface area (Å²) in [5.74, 6) is -1.78. The van der Waals surface area contributed by atoms with Crippen molar-refractivity contribution in [3.05, 3.63) is 41.9 Å². The predicted molar refractivity (Wildman–Crippen MR) is 57.2 cm³/mol. The summed E-state index contributed by atoms with van der Waals surface area (Å²) in [6.07, 6.45) is -2.05. The van der Waals surface area contributed by atoms with Crippen LogP contribution in [0.4, 0.5) is 13.2 Å². The predicted octanol–water partition coefficient (Wildman–Crippen LogP) is 2.26. The molecule has 2 aromatic rings. The van der Waals surface area contributed by atoms with Gasteiger partial charge in [0, 0.05) is 18.0 Å². The van der Waals surface area contributed by atoms with Crippen molar-refractivity contribution < 1.29 is 23.1 Å². The minimum Gasteiger partial charge on any atom is -0.476 e. The Kier molecular flexibility index (Phi) is 3.16. The van der Waals surface area contributed by atoms with Crippen LogP contribution in [-0.4, -0.2) is 26.3 Å². The van der Waals surface area contributed by atoms with E-state index in [-0.39, 0.29) is 5.69 Å². The Labute approximate surface area is 104 Å². The molecule has 0 unspecified atom stereocenters. The summed E-state index contributed by atoms with van der Waals surface area (Å²) in [4.78, 5) is 14.4. The highest BCUT2D eigenvalue weighted by Gasteiger charge is 2.37. The molecule has 0 fully saturated rings. The van der Waals surface area contributed by atoms with Crippen LogP contribution in [0.25, 0.3) is 11.3 Å². The Balaban J connectivity index is 2.60. The van der Waals surface area contributed by atoms with Gasteiger partial charge in [0.1, 0.15) is 0 Å². The quantitative estimate of drug-likeness (QED) is 0.904. The maximum absolute atomic E-state index is 12.8. The van der Waals surface area contributed by atoms with Gasteiger partial charge < -0.3 is 5.11 Å². The van der Waals surface area contributed by atoms with E-state index in [1.807, 2.05) is 0 Å². The number of carbonyl (C=O) groups is 1. The number of rotatable bonds is 2. The number of pyridine rings is 1. The van der Waals surface area contributed by atoms with E-state index in [2.05, 4.69) is 15.2 Å². The van der Waals surface area contributed by atoms with Crippen molar-refractivity contribution in [2.45, 2.75) is 6.18 Å². The van der Waals surface area contributed by atoms with Gasteiger partial charge in [0.25, 0.3) is 0 Å². The molecule has 0 radical (unpaired) electrons. The minimum atomic E-state index is -4.81. The standard InChI is InChI=1S/C11H6F3N3O2/c12-11(13,14)7-5-8(6-1-3-15-4-2-6)16-17-9(7)10(18)19/h1-5H,(H,18,19). The third-order valence-corrected chi connectivity index (χ3v) is 2.28. The third-order valence-electron chi connectivity index (χ3n) is 2.28. The largest absolute Gasteiger partial charge is 0.476 e. The van der Waals surface area contributed by atoms with Gasteiger partial charge in [-0.1, -0.05) is 0 Å². The fourth-order valence-corrected chi connectivity index (χ4v) is 1.43. The van der Waals surface area contributed by atoms with Crippen molar-refractivity contribution in [1.82, 2.24) is 15.2 Å². The lowest BCUT2D eigenvalue weighted by molar-refractivity contribution is -0.138. The van der Waals surface area contributed by atoms with Gasteiger partial charge >= 0.3 is 12.1 Å². The van der Waals surface area contributed by atoms with Crippen molar-refractivity contribution in [2.75, 3.05) is 0 Å². The topological polar surface area (TPSA) is 76.0 Å². The fourth-order valence-electron chi connectivity index (χ4n) is 1.43. The van der Waals surface area contributed by atoms with Crippen molar-refractivity contribution >= 4 is 5.97 Å². The molecule has 0 atom stereocenters. The SMILES string of the molecule is O=C(O)c1nnc(-c2ccncc2)cc1C(F)(F)F. The molecule has 0 saturated carbocycles. The molecule has 0 aromatic carbocycles. The van der Waals surface area contributed by atoms with Gasteiger partial charge in [0.2, 0.25) is 0 Å². The number of halogens is 3. The van der Waals surface area contributed by atoms with E-state index in [0.29, 0.717) is 11.6 Å². The second kappa shape index (κ2) is 4.63. The summed E-state index contributed by atoms with van der Waals surface area (Å²) in [5, 5.41) is 15.3. The maximum Gasteiger partial charge on any atom is 0.418 e.